The number of carbonyl (C=O) groups is 1. The molecule has 0 heterocycles. The molecule has 0 unspecified atom stereocenters. The lowest BCUT2D eigenvalue weighted by molar-refractivity contribution is 0.0697. The quantitative estimate of drug-likeness (QED) is 0.724. The summed E-state index contributed by atoms with van der Waals surface area (Å²) in [4.78, 5) is 10.8. The van der Waals surface area contributed by atoms with Crippen LogP contribution in [0.3, 0.4) is 0 Å². The first-order valence-electron chi connectivity index (χ1n) is 5.86. The largest absolute Gasteiger partial charge is 0.478 e. The second-order valence-corrected chi connectivity index (χ2v) is 4.84. The van der Waals surface area contributed by atoms with Crippen LogP contribution in [0.4, 0.5) is 0 Å². The second kappa shape index (κ2) is 8.24. The minimum absolute atomic E-state index is 0.297. The van der Waals surface area contributed by atoms with Crippen LogP contribution in [0.5, 0.6) is 0 Å². The van der Waals surface area contributed by atoms with Gasteiger partial charge in [-0.25, -0.2) is 4.79 Å². The number of unbranched alkanes of at least 4 members (excludes halogenated alkanes) is 1. The Morgan fingerprint density at radius 1 is 1.44 bits per heavy atom. The lowest BCUT2D eigenvalue weighted by Gasteiger charge is -2.07. The molecule has 0 amide bonds. The Balaban J connectivity index is 2.36. The summed E-state index contributed by atoms with van der Waals surface area (Å²) in [7, 11) is 1.70. The Labute approximate surface area is 115 Å². The van der Waals surface area contributed by atoms with Crippen molar-refractivity contribution >= 4 is 21.9 Å². The third-order valence-corrected chi connectivity index (χ3v) is 3.31. The first kappa shape index (κ1) is 15.1. The van der Waals surface area contributed by atoms with Crippen molar-refractivity contribution in [3.63, 3.8) is 0 Å². The molecule has 0 saturated heterocycles. The van der Waals surface area contributed by atoms with Gasteiger partial charge in [0, 0.05) is 24.7 Å². The van der Waals surface area contributed by atoms with E-state index in [9.17, 15) is 4.79 Å². The lowest BCUT2D eigenvalue weighted by atomic mass is 10.1. The molecule has 18 heavy (non-hydrogen) atoms. The number of hydrogen-bond donors (Lipinski definition) is 2. The smallest absolute Gasteiger partial charge is 0.335 e. The SMILES string of the molecule is COCCCCNCc1ccc(C(=O)O)cc1Br. The Bertz CT molecular complexity index is 396. The highest BCUT2D eigenvalue weighted by Gasteiger charge is 2.06. The van der Waals surface area contributed by atoms with Gasteiger partial charge in [0.25, 0.3) is 0 Å². The summed E-state index contributed by atoms with van der Waals surface area (Å²) in [5, 5.41) is 12.2. The molecule has 2 N–H and O–H groups in total. The Kier molecular flexibility index (Phi) is 6.93. The summed E-state index contributed by atoms with van der Waals surface area (Å²) in [5.74, 6) is -0.908. The number of rotatable bonds is 8. The van der Waals surface area contributed by atoms with Gasteiger partial charge in [-0.1, -0.05) is 22.0 Å². The van der Waals surface area contributed by atoms with Crippen molar-refractivity contribution in [3.8, 4) is 0 Å². The standard InChI is InChI=1S/C13H18BrNO3/c1-18-7-3-2-6-15-9-11-5-4-10(13(16)17)8-12(11)14/h4-5,8,15H,2-3,6-7,9H2,1H3,(H,16,17). The average Bonchev–Trinajstić information content (AvgIpc) is 2.35. The molecule has 4 nitrogen and oxygen atoms in total. The molecule has 0 aliphatic rings. The van der Waals surface area contributed by atoms with E-state index in [4.69, 9.17) is 9.84 Å². The van der Waals surface area contributed by atoms with Gasteiger partial charge in [-0.3, -0.25) is 0 Å². The van der Waals surface area contributed by atoms with Crippen LogP contribution in [0.15, 0.2) is 22.7 Å². The molecule has 0 aliphatic carbocycles. The zero-order chi connectivity index (χ0) is 13.4. The molecule has 1 rings (SSSR count). The van der Waals surface area contributed by atoms with Crippen LogP contribution in [-0.4, -0.2) is 31.3 Å². The van der Waals surface area contributed by atoms with Crippen molar-refractivity contribution in [1.82, 2.24) is 5.32 Å². The predicted octanol–water partition coefficient (Wildman–Crippen LogP) is 2.66. The van der Waals surface area contributed by atoms with Crippen molar-refractivity contribution < 1.29 is 14.6 Å². The number of nitrogens with one attached hydrogen (secondary N) is 1. The van der Waals surface area contributed by atoms with E-state index in [-0.39, 0.29) is 0 Å². The maximum Gasteiger partial charge on any atom is 0.335 e. The zero-order valence-corrected chi connectivity index (χ0v) is 12.0. The average molecular weight is 316 g/mol. The summed E-state index contributed by atoms with van der Waals surface area (Å²) in [6.45, 7) is 2.45. The molecular formula is C13H18BrNO3. The first-order valence-corrected chi connectivity index (χ1v) is 6.66. The molecule has 0 bridgehead atoms. The fourth-order valence-corrected chi connectivity index (χ4v) is 2.06. The van der Waals surface area contributed by atoms with Gasteiger partial charge in [0.05, 0.1) is 5.56 Å². The van der Waals surface area contributed by atoms with Crippen molar-refractivity contribution in [3.05, 3.63) is 33.8 Å². The van der Waals surface area contributed by atoms with E-state index in [0.29, 0.717) is 5.56 Å². The fraction of sp³-hybridized carbons (Fsp3) is 0.462. The number of carboxylic acid groups (broad SMARTS) is 1. The number of halogens is 1. The number of benzene rings is 1. The first-order chi connectivity index (χ1) is 8.65. The predicted molar refractivity (Wildman–Crippen MR) is 73.9 cm³/mol. The number of methoxy groups -OCH3 is 1. The minimum atomic E-state index is -0.908. The molecular weight excluding hydrogens is 298 g/mol. The molecule has 0 fully saturated rings. The van der Waals surface area contributed by atoms with Gasteiger partial charge in [0.2, 0.25) is 0 Å². The molecule has 0 saturated carbocycles. The molecule has 0 atom stereocenters. The van der Waals surface area contributed by atoms with Gasteiger partial charge in [-0.15, -0.1) is 0 Å². The maximum absolute atomic E-state index is 10.8. The van der Waals surface area contributed by atoms with Crippen LogP contribution in [0.1, 0.15) is 28.8 Å². The monoisotopic (exact) mass is 315 g/mol. The number of carboxylic acids is 1. The van der Waals surface area contributed by atoms with E-state index in [1.807, 2.05) is 6.07 Å². The van der Waals surface area contributed by atoms with Crippen molar-refractivity contribution in [2.45, 2.75) is 19.4 Å². The molecule has 1 aromatic rings. The summed E-state index contributed by atoms with van der Waals surface area (Å²) in [6.07, 6.45) is 2.11. The van der Waals surface area contributed by atoms with E-state index in [0.717, 1.165) is 42.6 Å². The van der Waals surface area contributed by atoms with Crippen LogP contribution >= 0.6 is 15.9 Å². The third kappa shape index (κ3) is 5.16. The van der Waals surface area contributed by atoms with Crippen molar-refractivity contribution in [2.75, 3.05) is 20.3 Å². The van der Waals surface area contributed by atoms with E-state index in [1.54, 1.807) is 19.2 Å². The molecule has 5 heteroatoms. The van der Waals surface area contributed by atoms with E-state index >= 15 is 0 Å². The number of hydrogen-bond acceptors (Lipinski definition) is 3. The minimum Gasteiger partial charge on any atom is -0.478 e. The van der Waals surface area contributed by atoms with Crippen LogP contribution in [0.2, 0.25) is 0 Å². The molecule has 0 spiro atoms. The van der Waals surface area contributed by atoms with Gasteiger partial charge in [-0.05, 0) is 37.1 Å². The van der Waals surface area contributed by atoms with Gasteiger partial charge >= 0.3 is 5.97 Å². The van der Waals surface area contributed by atoms with E-state index < -0.39 is 5.97 Å². The molecule has 0 aliphatic heterocycles. The van der Waals surface area contributed by atoms with Crippen molar-refractivity contribution in [2.24, 2.45) is 0 Å². The highest BCUT2D eigenvalue weighted by molar-refractivity contribution is 9.10. The van der Waals surface area contributed by atoms with E-state index in [2.05, 4.69) is 21.2 Å². The summed E-state index contributed by atoms with van der Waals surface area (Å²) in [6, 6.07) is 5.08. The number of ether oxygens (including phenoxy) is 1. The molecule has 0 aromatic heterocycles. The topological polar surface area (TPSA) is 58.6 Å². The van der Waals surface area contributed by atoms with Crippen LogP contribution in [0.25, 0.3) is 0 Å². The van der Waals surface area contributed by atoms with Crippen molar-refractivity contribution in [1.29, 1.82) is 0 Å². The number of aromatic carboxylic acids is 1. The third-order valence-electron chi connectivity index (χ3n) is 2.57. The van der Waals surface area contributed by atoms with Gasteiger partial charge in [-0.2, -0.15) is 0 Å². The highest BCUT2D eigenvalue weighted by Crippen LogP contribution is 2.18. The Morgan fingerprint density at radius 3 is 2.83 bits per heavy atom. The molecule has 0 radical (unpaired) electrons. The lowest BCUT2D eigenvalue weighted by Crippen LogP contribution is -2.15. The maximum atomic E-state index is 10.8. The summed E-state index contributed by atoms with van der Waals surface area (Å²) in [5.41, 5.74) is 1.36. The Hall–Kier alpha value is -0.910. The Morgan fingerprint density at radius 2 is 2.22 bits per heavy atom. The normalized spacial score (nSPS) is 10.6. The summed E-state index contributed by atoms with van der Waals surface area (Å²) < 4.78 is 5.80. The van der Waals surface area contributed by atoms with Gasteiger partial charge in [0.15, 0.2) is 0 Å². The van der Waals surface area contributed by atoms with Crippen LogP contribution < -0.4 is 5.32 Å². The summed E-state index contributed by atoms with van der Waals surface area (Å²) >= 11 is 3.39. The highest BCUT2D eigenvalue weighted by atomic mass is 79.9. The van der Waals surface area contributed by atoms with Gasteiger partial charge < -0.3 is 15.2 Å². The fourth-order valence-electron chi connectivity index (χ4n) is 1.54. The molecule has 100 valence electrons. The second-order valence-electron chi connectivity index (χ2n) is 3.99. The molecule has 1 aromatic carbocycles. The van der Waals surface area contributed by atoms with Crippen LogP contribution in [-0.2, 0) is 11.3 Å². The van der Waals surface area contributed by atoms with E-state index in [1.165, 1.54) is 0 Å². The van der Waals surface area contributed by atoms with Gasteiger partial charge in [0.1, 0.15) is 0 Å². The zero-order valence-electron chi connectivity index (χ0n) is 10.4. The van der Waals surface area contributed by atoms with Crippen LogP contribution in [0, 0.1) is 0 Å².